The Balaban J connectivity index is 0.000000407. The molecule has 20 nitrogen and oxygen atoms in total. The summed E-state index contributed by atoms with van der Waals surface area (Å²) >= 11 is 0. The number of ketones is 6. The summed E-state index contributed by atoms with van der Waals surface area (Å²) in [7, 11) is 5.28. The van der Waals surface area contributed by atoms with Crippen LogP contribution in [0.2, 0.25) is 0 Å². The minimum Gasteiger partial charge on any atom is -0.512 e. The third kappa shape index (κ3) is 40.5. The van der Waals surface area contributed by atoms with E-state index in [4.69, 9.17) is 39.7 Å². The zero-order valence-corrected chi connectivity index (χ0v) is 87.5. The van der Waals surface area contributed by atoms with E-state index in [1.165, 1.54) is 124 Å². The first kappa shape index (κ1) is 116. The zero-order valence-electron chi connectivity index (χ0n) is 77.9. The molecule has 0 bridgehead atoms. The molecule has 8 N–H and O–H groups in total. The Bertz CT molecular complexity index is 5830. The number of rotatable bonds is 23. The number of para-hydroxylation sites is 4. The summed E-state index contributed by atoms with van der Waals surface area (Å²) in [6.07, 6.45) is 27.7. The van der Waals surface area contributed by atoms with E-state index >= 15 is 0 Å². The van der Waals surface area contributed by atoms with E-state index in [1.807, 2.05) is 176 Å². The normalized spacial score (nSPS) is 13.1. The van der Waals surface area contributed by atoms with Crippen LogP contribution in [0.5, 0.6) is 0 Å². The van der Waals surface area contributed by atoms with Crippen LogP contribution >= 0.6 is 0 Å². The number of anilines is 1. The number of carbonyl (C=O) groups is 4. The largest absolute Gasteiger partial charge is 0.512 e. The Morgan fingerprint density at radius 1 is 0.470 bits per heavy atom. The van der Waals surface area contributed by atoms with Gasteiger partial charge in [0.15, 0.2) is 11.6 Å². The number of aliphatic hydroxyl groups is 4. The fraction of sp³-hybridized carbons (Fsp3) is 0.273. The molecular weight excluding hydrogens is 2390 g/mol. The molecular formula is C110H122Ir4N8O12. The van der Waals surface area contributed by atoms with Gasteiger partial charge in [-0.15, -0.1) is 130 Å². The molecule has 10 aromatic rings. The van der Waals surface area contributed by atoms with E-state index in [0.29, 0.717) is 77.8 Å². The number of urea groups is 1. The number of likely N-dealkylation sites (N-methyl/N-ethyl adjacent to an activating group) is 1. The summed E-state index contributed by atoms with van der Waals surface area (Å²) in [6, 6.07) is 80.6. The maximum absolute atomic E-state index is 12.5. The monoisotopic (exact) mass is 2520 g/mol. The third-order valence-electron chi connectivity index (χ3n) is 20.1. The Hall–Kier alpha value is -11.9. The van der Waals surface area contributed by atoms with E-state index in [-0.39, 0.29) is 139 Å². The molecule has 4 heterocycles. The number of amides is 3. The van der Waals surface area contributed by atoms with Crippen LogP contribution < -0.4 is 4.90 Å². The van der Waals surface area contributed by atoms with Crippen LogP contribution in [-0.2, 0) is 91.8 Å². The Kier molecular flexibility index (Phi) is 54.9. The number of nitrogens with zero attached hydrogens (tertiary/aromatic N) is 8. The number of aliphatic imine (C=N–C) groups is 5. The predicted molar refractivity (Wildman–Crippen MR) is 534 cm³/mol. The first-order valence-corrected chi connectivity index (χ1v) is 43.9. The van der Waals surface area contributed by atoms with Crippen LogP contribution in [0.3, 0.4) is 0 Å². The Morgan fingerprint density at radius 2 is 0.963 bits per heavy atom. The molecule has 0 unspecified atom stereocenters. The third-order valence-corrected chi connectivity index (χ3v) is 20.1. The number of carbonyl (C=O) groups excluding carboxylic acids is 8. The summed E-state index contributed by atoms with van der Waals surface area (Å²) < 4.78 is 0. The van der Waals surface area contributed by atoms with Crippen LogP contribution in [0.4, 0.5) is 38.9 Å². The van der Waals surface area contributed by atoms with Crippen molar-refractivity contribution in [3.63, 3.8) is 0 Å². The van der Waals surface area contributed by atoms with Gasteiger partial charge in [0.05, 0.1) is 114 Å². The summed E-state index contributed by atoms with van der Waals surface area (Å²) in [5.41, 5.74) is 12.6. The van der Waals surface area contributed by atoms with Crippen molar-refractivity contribution in [3.8, 4) is 0 Å². The van der Waals surface area contributed by atoms with Crippen molar-refractivity contribution < 1.29 is 139 Å². The molecule has 4 radical (unpaired) electrons. The van der Waals surface area contributed by atoms with Crippen molar-refractivity contribution in [2.45, 2.75) is 178 Å². The fourth-order valence-corrected chi connectivity index (χ4v) is 13.8. The van der Waals surface area contributed by atoms with Gasteiger partial charge in [0.1, 0.15) is 5.76 Å². The minimum atomic E-state index is -0.119. The molecule has 0 atom stereocenters. The molecule has 4 aliphatic heterocycles. The first-order chi connectivity index (χ1) is 62.6. The average molecular weight is 2520 g/mol. The number of allylic oxidation sites excluding steroid dienone is 10. The molecule has 0 fully saturated rings. The number of benzene rings is 10. The Morgan fingerprint density at radius 3 is 1.51 bits per heavy atom. The molecule has 10 aromatic carbocycles. The SMILES string of the molecule is C=C=Nc1ccc2c(c1)C(=O)CCCC(c1[c-]cc3ccccc3c1)=N2.CC(=[OH+])C=C(C)O.CC(=[OH+])C=C(C)O.CC(=[OH+])C=C(C)O.CCCCCCCCC(=[OH+])C=C(O)CCCCCCCC.CN1C(=O)N(C)c2ccccc2N=C1c1[c-]cccc1.CN1Cc2ccccc2N=C(c2[c-]cccc2)C1=O.O=C1CC=CC(c2[c-]cc3ccccc3c2)=Nc2ccccc21.[Ir].[Ir].[Ir].[Ir]. The average Bonchev–Trinajstić information content (AvgIpc) is 1.63. The summed E-state index contributed by atoms with van der Waals surface area (Å²) in [5.74, 6) is 4.68. The number of amidine groups is 1. The second kappa shape index (κ2) is 63.3. The molecule has 4 aliphatic rings. The van der Waals surface area contributed by atoms with Gasteiger partial charge in [0.25, 0.3) is 0 Å². The summed E-state index contributed by atoms with van der Waals surface area (Å²) in [5, 5.41) is 39.6. The zero-order chi connectivity index (χ0) is 94.3. The quantitative estimate of drug-likeness (QED) is 0.0119. The van der Waals surface area contributed by atoms with Crippen molar-refractivity contribution in [2.24, 2.45) is 25.0 Å². The van der Waals surface area contributed by atoms with Gasteiger partial charge in [-0.3, -0.25) is 53.4 Å². The molecule has 14 rings (SSSR count). The summed E-state index contributed by atoms with van der Waals surface area (Å²) in [4.78, 5) is 112. The van der Waals surface area contributed by atoms with Crippen molar-refractivity contribution in [2.75, 3.05) is 26.0 Å². The topological polar surface area (TPSA) is 306 Å². The van der Waals surface area contributed by atoms with E-state index in [1.54, 1.807) is 54.1 Å². The van der Waals surface area contributed by atoms with Crippen LogP contribution in [-0.4, -0.2) is 146 Å². The van der Waals surface area contributed by atoms with Crippen LogP contribution in [0.25, 0.3) is 21.5 Å². The smallest absolute Gasteiger partial charge is 0.321 e. The van der Waals surface area contributed by atoms with E-state index in [2.05, 4.69) is 102 Å². The van der Waals surface area contributed by atoms with Gasteiger partial charge in [-0.2, -0.15) is 0 Å². The molecule has 0 saturated carbocycles. The van der Waals surface area contributed by atoms with Gasteiger partial charge < -0.3 is 35.2 Å². The van der Waals surface area contributed by atoms with Gasteiger partial charge in [-0.1, -0.05) is 192 Å². The second-order valence-electron chi connectivity index (χ2n) is 31.4. The van der Waals surface area contributed by atoms with Crippen LogP contribution in [0.15, 0.2) is 303 Å². The summed E-state index contributed by atoms with van der Waals surface area (Å²) in [6.45, 7) is 17.5. The van der Waals surface area contributed by atoms with Crippen LogP contribution in [0.1, 0.15) is 219 Å². The standard InChI is InChI=1S/C23H17N2O.C21H14NO.C19H36O2.C16H14N3O.C16H13N2O.3C5H8O2.4Ir/c1-2-24-19-12-13-22-20(15-19)23(26)9-5-8-21(25-22)18-11-10-16-6-3-4-7-17(16)14-18;23-21-11-5-10-19(22-20-9-4-3-8-18(20)21)17-13-12-15-6-1-2-7-16(15)14-17;1-3-5-7-9-11-13-15-18(20)17-19(21)16-14-12-10-8-6-4-2;1-18-14-11-7-6-10-13(14)17-15(19(2)16(18)20)12-8-4-3-5-9-12;1-18-11-13-9-5-6-10-14(13)17-15(16(18)19)12-7-3-2-4-8-12;3*1-4(6)3-5(2)7;;;;/h3-4,6-7,10,12-15H,1,5,8-9H2;1-10,12,14H,11H2;17,20H,3-16H2,1-2H3;3-8,10-11H,1-2H3;2-7,9-10H,11H2,1H3;3*3,6H,1-2H3;;;;/q2*-1;;2*-1;;;;;;;/p+4. The van der Waals surface area contributed by atoms with Gasteiger partial charge in [0, 0.05) is 138 Å². The van der Waals surface area contributed by atoms with E-state index < -0.39 is 0 Å². The fourth-order valence-electron chi connectivity index (χ4n) is 13.8. The molecule has 24 heteroatoms. The maximum Gasteiger partial charge on any atom is 0.321 e. The van der Waals surface area contributed by atoms with Gasteiger partial charge in [0.2, 0.25) is 5.91 Å². The molecule has 134 heavy (non-hydrogen) atoms. The second-order valence-corrected chi connectivity index (χ2v) is 31.4. The number of fused-ring (bicyclic) bond motifs is 6. The Labute approximate surface area is 843 Å². The first-order valence-electron chi connectivity index (χ1n) is 43.9. The van der Waals surface area contributed by atoms with Gasteiger partial charge >= 0.3 is 29.2 Å². The predicted octanol–water partition coefficient (Wildman–Crippen LogP) is 25.7. The number of hydrogen-bond acceptors (Lipinski definition) is 13. The minimum absolute atomic E-state index is 0. The molecule has 0 saturated heterocycles. The van der Waals surface area contributed by atoms with Crippen molar-refractivity contribution in [1.82, 2.24) is 9.80 Å². The van der Waals surface area contributed by atoms with Gasteiger partial charge in [-0.05, 0) is 124 Å². The molecule has 710 valence electrons. The van der Waals surface area contributed by atoms with Crippen LogP contribution in [0, 0.1) is 24.3 Å². The number of unbranched alkanes of at least 4 members (excludes halogenated alkanes) is 10. The number of aliphatic hydroxyl groups excluding tert-OH is 4. The molecule has 0 aliphatic carbocycles. The maximum atomic E-state index is 12.5. The molecule has 3 amide bonds. The molecule has 0 aromatic heterocycles. The van der Waals surface area contributed by atoms with Crippen molar-refractivity contribution >= 4 is 131 Å². The number of Topliss-reactive ketones (excluding diaryl/α,β-unsaturated/α-hetero) is 2. The van der Waals surface area contributed by atoms with Crippen molar-refractivity contribution in [3.05, 3.63) is 342 Å². The van der Waals surface area contributed by atoms with E-state index in [9.17, 15) is 29.1 Å². The van der Waals surface area contributed by atoms with Crippen molar-refractivity contribution in [1.29, 1.82) is 0 Å². The number of hydrogen-bond donors (Lipinski definition) is 4. The molecule has 0 spiro atoms. The van der Waals surface area contributed by atoms with Gasteiger partial charge in [-0.25, -0.2) is 9.79 Å². The van der Waals surface area contributed by atoms with E-state index in [0.717, 1.165) is 109 Å².